The Morgan fingerprint density at radius 3 is 2.33 bits per heavy atom. The fourth-order valence-electron chi connectivity index (χ4n) is 4.25. The summed E-state index contributed by atoms with van der Waals surface area (Å²) in [7, 11) is 3.49. The molecule has 3 aromatic carbocycles. The molecule has 0 saturated carbocycles. The van der Waals surface area contributed by atoms with Gasteiger partial charge in [0.05, 0.1) is 6.61 Å². The summed E-state index contributed by atoms with van der Waals surface area (Å²) in [6.07, 6.45) is 0.268. The van der Waals surface area contributed by atoms with Gasteiger partial charge in [-0.1, -0.05) is 68.3 Å². The number of hydrogen-bond donors (Lipinski definition) is 1. The largest absolute Gasteiger partial charge is 0.494 e. The van der Waals surface area contributed by atoms with Crippen LogP contribution in [0.5, 0.6) is 5.75 Å². The molecule has 8 heteroatoms. The summed E-state index contributed by atoms with van der Waals surface area (Å²) in [5, 5.41) is 8.98. The van der Waals surface area contributed by atoms with Gasteiger partial charge in [0.25, 0.3) is 5.91 Å². The second-order valence-electron chi connectivity index (χ2n) is 8.78. The van der Waals surface area contributed by atoms with Crippen LogP contribution in [0.2, 0.25) is 0 Å². The summed E-state index contributed by atoms with van der Waals surface area (Å²) in [5.74, 6) is 0.954. The van der Waals surface area contributed by atoms with Crippen molar-refractivity contribution in [2.75, 3.05) is 27.3 Å². The molecule has 0 aliphatic carbocycles. The predicted octanol–water partition coefficient (Wildman–Crippen LogP) is 5.56. The summed E-state index contributed by atoms with van der Waals surface area (Å²) in [6.45, 7) is 0.516. The van der Waals surface area contributed by atoms with Gasteiger partial charge in [-0.3, -0.25) is 4.79 Å². The smallest absolute Gasteiger partial charge is 0.254 e. The first-order valence-electron chi connectivity index (χ1n) is 11.7. The van der Waals surface area contributed by atoms with Crippen LogP contribution in [0.4, 0.5) is 0 Å². The fourth-order valence-corrected chi connectivity index (χ4v) is 5.17. The molecule has 2 atom stereocenters. The zero-order chi connectivity index (χ0) is 25.7. The quantitative estimate of drug-likeness (QED) is 0.320. The summed E-state index contributed by atoms with van der Waals surface area (Å²) < 4.78 is 14.0. The van der Waals surface area contributed by atoms with Crippen LogP contribution < -0.4 is 4.74 Å². The molecule has 6 nitrogen and oxygen atoms in total. The molecular weight excluding hydrogens is 588 g/mol. The van der Waals surface area contributed by atoms with Crippen LogP contribution in [-0.4, -0.2) is 54.7 Å². The summed E-state index contributed by atoms with van der Waals surface area (Å²) >= 11 is 7.31. The number of rotatable bonds is 9. The molecule has 0 spiro atoms. The Kier molecular flexibility index (Phi) is 8.49. The first-order valence-corrected chi connectivity index (χ1v) is 13.2. The van der Waals surface area contributed by atoms with Crippen LogP contribution in [-0.2, 0) is 16.0 Å². The molecule has 3 aromatic rings. The van der Waals surface area contributed by atoms with Crippen LogP contribution in [0.25, 0.3) is 0 Å². The fraction of sp³-hybridized carbons (Fsp3) is 0.286. The van der Waals surface area contributed by atoms with Crippen molar-refractivity contribution in [3.05, 3.63) is 98.4 Å². The average Bonchev–Trinajstić information content (AvgIpc) is 3.26. The minimum atomic E-state index is -1.22. The van der Waals surface area contributed by atoms with Gasteiger partial charge in [-0.2, -0.15) is 0 Å². The molecule has 1 amide bonds. The maximum absolute atomic E-state index is 13.9. The Labute approximate surface area is 228 Å². The van der Waals surface area contributed by atoms with E-state index in [9.17, 15) is 4.79 Å². The molecule has 188 valence electrons. The number of ether oxygens (including phenoxy) is 2. The number of likely N-dealkylation sites (N-methyl/N-ethyl adjacent to an activating group) is 1. The first-order chi connectivity index (χ1) is 17.4. The summed E-state index contributed by atoms with van der Waals surface area (Å²) in [5.41, 5.74) is 1.35. The number of amides is 1. The van der Waals surface area contributed by atoms with E-state index in [4.69, 9.17) is 19.6 Å². The van der Waals surface area contributed by atoms with Gasteiger partial charge in [-0.15, -0.1) is 0 Å². The second kappa shape index (κ2) is 11.6. The lowest BCUT2D eigenvalue weighted by atomic mass is 9.81. The van der Waals surface area contributed by atoms with Crippen molar-refractivity contribution in [1.82, 2.24) is 4.90 Å². The summed E-state index contributed by atoms with van der Waals surface area (Å²) in [4.78, 5) is 20.5. The highest BCUT2D eigenvalue weighted by atomic mass is 79.9. The lowest BCUT2D eigenvalue weighted by Crippen LogP contribution is -2.49. The number of carbonyl (C=O) groups is 1. The highest BCUT2D eigenvalue weighted by Crippen LogP contribution is 2.45. The van der Waals surface area contributed by atoms with Crippen molar-refractivity contribution in [3.8, 4) is 5.75 Å². The molecular formula is C28H28Br2N2O4. The van der Waals surface area contributed by atoms with Gasteiger partial charge in [0.1, 0.15) is 5.75 Å². The first kappa shape index (κ1) is 26.4. The molecule has 1 aliphatic heterocycles. The van der Waals surface area contributed by atoms with Gasteiger partial charge in [0.2, 0.25) is 5.90 Å². The van der Waals surface area contributed by atoms with Crippen LogP contribution in [0.3, 0.4) is 0 Å². The zero-order valence-corrected chi connectivity index (χ0v) is 23.3. The Balaban J connectivity index is 1.81. The molecule has 36 heavy (non-hydrogen) atoms. The monoisotopic (exact) mass is 614 g/mol. The third-order valence-electron chi connectivity index (χ3n) is 6.02. The zero-order valence-electron chi connectivity index (χ0n) is 20.2. The Morgan fingerprint density at radius 2 is 1.69 bits per heavy atom. The molecule has 1 heterocycles. The van der Waals surface area contributed by atoms with E-state index in [0.29, 0.717) is 31.1 Å². The van der Waals surface area contributed by atoms with E-state index >= 15 is 0 Å². The van der Waals surface area contributed by atoms with Crippen LogP contribution in [0, 0.1) is 0 Å². The third-order valence-corrected chi connectivity index (χ3v) is 7.51. The van der Waals surface area contributed by atoms with Gasteiger partial charge < -0.3 is 19.5 Å². The number of hydrogen-bond acceptors (Lipinski definition) is 5. The van der Waals surface area contributed by atoms with Crippen LogP contribution in [0.1, 0.15) is 29.2 Å². The molecule has 1 aliphatic rings. The van der Waals surface area contributed by atoms with Gasteiger partial charge in [0, 0.05) is 53.6 Å². The number of carbonyl (C=O) groups excluding carboxylic acids is 1. The van der Waals surface area contributed by atoms with E-state index in [2.05, 4.69) is 31.9 Å². The van der Waals surface area contributed by atoms with Crippen LogP contribution in [0.15, 0.2) is 86.7 Å². The van der Waals surface area contributed by atoms with Gasteiger partial charge >= 0.3 is 0 Å². The Morgan fingerprint density at radius 1 is 1.03 bits per heavy atom. The maximum atomic E-state index is 13.9. The van der Waals surface area contributed by atoms with Crippen molar-refractivity contribution in [3.63, 3.8) is 0 Å². The van der Waals surface area contributed by atoms with Crippen molar-refractivity contribution in [2.24, 2.45) is 4.99 Å². The van der Waals surface area contributed by atoms with E-state index < -0.39 is 11.6 Å². The van der Waals surface area contributed by atoms with E-state index in [1.165, 1.54) is 0 Å². The topological polar surface area (TPSA) is 71.4 Å². The normalized spacial score (nSPS) is 18.9. The van der Waals surface area contributed by atoms with E-state index in [1.54, 1.807) is 19.0 Å². The minimum Gasteiger partial charge on any atom is -0.494 e. The Bertz CT molecular complexity index is 1250. The van der Waals surface area contributed by atoms with E-state index in [1.807, 2.05) is 72.8 Å². The number of aliphatic hydroxyl groups excluding tert-OH is 1. The highest BCUT2D eigenvalue weighted by molar-refractivity contribution is 9.10. The van der Waals surface area contributed by atoms with Crippen molar-refractivity contribution < 1.29 is 19.4 Å². The molecule has 0 unspecified atom stereocenters. The van der Waals surface area contributed by atoms with Crippen molar-refractivity contribution in [1.29, 1.82) is 0 Å². The maximum Gasteiger partial charge on any atom is 0.254 e. The van der Waals surface area contributed by atoms with Gasteiger partial charge in [0.15, 0.2) is 11.6 Å². The molecule has 0 radical (unpaired) electrons. The minimum absolute atomic E-state index is 0.0820. The van der Waals surface area contributed by atoms with E-state index in [-0.39, 0.29) is 12.5 Å². The molecule has 0 saturated heterocycles. The van der Waals surface area contributed by atoms with Gasteiger partial charge in [-0.25, -0.2) is 4.99 Å². The molecule has 0 bridgehead atoms. The highest BCUT2D eigenvalue weighted by Gasteiger charge is 2.54. The standard InChI is InChI=1S/C28H28Br2N2O4/c1-32(2)27(34)28(18-20-8-3-5-10-23(20)29)25(22-9-4-6-11-24(22)30)36-26(31-28)19-12-14-21(15-13-19)35-17-7-16-33/h3-6,8-15,25,33H,7,16-18H2,1-2H3/t25-,28-/m1/s1. The summed E-state index contributed by atoms with van der Waals surface area (Å²) in [6, 6.07) is 23.1. The Hall–Kier alpha value is -2.68. The van der Waals surface area contributed by atoms with Crippen molar-refractivity contribution in [2.45, 2.75) is 24.5 Å². The molecule has 0 aromatic heterocycles. The van der Waals surface area contributed by atoms with E-state index in [0.717, 1.165) is 25.6 Å². The SMILES string of the molecule is CN(C)C(=O)[C@]1(Cc2ccccc2Br)N=C(c2ccc(OCCCO)cc2)O[C@@H]1c1ccccc1Br. The number of benzene rings is 3. The number of aliphatic hydroxyl groups is 1. The van der Waals surface area contributed by atoms with Gasteiger partial charge in [-0.05, 0) is 42.0 Å². The molecule has 1 N–H and O–H groups in total. The lowest BCUT2D eigenvalue weighted by Gasteiger charge is -2.33. The predicted molar refractivity (Wildman–Crippen MR) is 147 cm³/mol. The number of nitrogens with zero attached hydrogens (tertiary/aromatic N) is 2. The average molecular weight is 616 g/mol. The lowest BCUT2D eigenvalue weighted by molar-refractivity contribution is -0.137. The van der Waals surface area contributed by atoms with Crippen molar-refractivity contribution >= 4 is 43.7 Å². The van der Waals surface area contributed by atoms with Crippen LogP contribution >= 0.6 is 31.9 Å². The second-order valence-corrected chi connectivity index (χ2v) is 10.5. The third kappa shape index (κ3) is 5.51. The molecule has 4 rings (SSSR count). The number of halogens is 2. The number of aliphatic imine (C=N–C) groups is 1. The molecule has 0 fully saturated rings.